The molecule has 0 saturated heterocycles. The topological polar surface area (TPSA) is 59.6 Å². The highest BCUT2D eigenvalue weighted by atomic mass is 19.4. The van der Waals surface area contributed by atoms with E-state index in [1.54, 1.807) is 18.2 Å². The summed E-state index contributed by atoms with van der Waals surface area (Å²) in [7, 11) is 0. The molecule has 3 aromatic carbocycles. The minimum absolute atomic E-state index is 0.0490. The van der Waals surface area contributed by atoms with Crippen molar-refractivity contribution < 1.29 is 27.4 Å². The highest BCUT2D eigenvalue weighted by Crippen LogP contribution is 2.51. The number of alkyl halides is 3. The summed E-state index contributed by atoms with van der Waals surface area (Å²) in [6.07, 6.45) is -2.44. The van der Waals surface area contributed by atoms with Crippen LogP contribution >= 0.6 is 0 Å². The average Bonchev–Trinajstić information content (AvgIpc) is 3.27. The number of ether oxygens (including phenoxy) is 2. The Hall–Kier alpha value is -3.68. The summed E-state index contributed by atoms with van der Waals surface area (Å²) < 4.78 is 52.2. The number of nitrogens with one attached hydrogen (secondary N) is 2. The van der Waals surface area contributed by atoms with Crippen molar-refractivity contribution in [3.8, 4) is 22.6 Å². The van der Waals surface area contributed by atoms with E-state index in [2.05, 4.69) is 10.6 Å². The van der Waals surface area contributed by atoms with Crippen LogP contribution in [0.15, 0.2) is 54.6 Å². The van der Waals surface area contributed by atoms with Crippen molar-refractivity contribution in [2.24, 2.45) is 0 Å². The zero-order valence-electron chi connectivity index (χ0n) is 18.1. The monoisotopic (exact) mass is 466 g/mol. The summed E-state index contributed by atoms with van der Waals surface area (Å²) in [6.45, 7) is 0.911. The summed E-state index contributed by atoms with van der Waals surface area (Å²) in [5.74, 6) is 0.992. The number of benzene rings is 3. The third kappa shape index (κ3) is 3.45. The van der Waals surface area contributed by atoms with Gasteiger partial charge in [-0.3, -0.25) is 4.79 Å². The molecule has 0 aromatic heterocycles. The van der Waals surface area contributed by atoms with Gasteiger partial charge < -0.3 is 20.1 Å². The fraction of sp³-hybridized carbons (Fsp3) is 0.269. The smallest absolute Gasteiger partial charge is 0.417 e. The summed E-state index contributed by atoms with van der Waals surface area (Å²) in [6, 6.07) is 14.5. The molecule has 8 heteroatoms. The molecule has 2 N–H and O–H groups in total. The van der Waals surface area contributed by atoms with Gasteiger partial charge in [0.1, 0.15) is 0 Å². The van der Waals surface area contributed by atoms with Gasteiger partial charge in [0.2, 0.25) is 12.7 Å². The first kappa shape index (κ1) is 20.9. The van der Waals surface area contributed by atoms with Crippen molar-refractivity contribution in [1.29, 1.82) is 0 Å². The van der Waals surface area contributed by atoms with Crippen LogP contribution in [0.4, 0.5) is 24.5 Å². The Morgan fingerprint density at radius 1 is 0.971 bits per heavy atom. The molecular weight excluding hydrogens is 445 g/mol. The molecule has 3 aliphatic rings. The Morgan fingerprint density at radius 3 is 2.59 bits per heavy atom. The minimum Gasteiger partial charge on any atom is -0.454 e. The molecule has 34 heavy (non-hydrogen) atoms. The second-order valence-electron chi connectivity index (χ2n) is 8.91. The summed E-state index contributed by atoms with van der Waals surface area (Å²) in [5, 5.41) is 6.08. The highest BCUT2D eigenvalue weighted by molar-refractivity contribution is 6.02. The molecule has 5 nitrogen and oxygen atoms in total. The number of rotatable bonds is 4. The Balaban J connectivity index is 1.33. The van der Waals surface area contributed by atoms with E-state index in [1.165, 1.54) is 12.1 Å². The molecule has 0 radical (unpaired) electrons. The van der Waals surface area contributed by atoms with Crippen molar-refractivity contribution in [3.63, 3.8) is 0 Å². The Morgan fingerprint density at radius 2 is 1.79 bits per heavy atom. The molecule has 1 saturated carbocycles. The van der Waals surface area contributed by atoms with E-state index < -0.39 is 17.2 Å². The largest absolute Gasteiger partial charge is 0.454 e. The van der Waals surface area contributed by atoms with Gasteiger partial charge in [0.15, 0.2) is 11.5 Å². The summed E-state index contributed by atoms with van der Waals surface area (Å²) >= 11 is 0. The maximum atomic E-state index is 13.8. The van der Waals surface area contributed by atoms with Crippen molar-refractivity contribution >= 4 is 17.3 Å². The van der Waals surface area contributed by atoms with Gasteiger partial charge in [-0.25, -0.2) is 0 Å². The first-order chi connectivity index (χ1) is 16.3. The zero-order chi connectivity index (χ0) is 23.5. The number of carbonyl (C=O) groups excluding carboxylic acids is 1. The van der Waals surface area contributed by atoms with Crippen LogP contribution in [-0.2, 0) is 22.8 Å². The van der Waals surface area contributed by atoms with Crippen molar-refractivity contribution in [2.45, 2.75) is 30.9 Å². The molecule has 1 fully saturated rings. The molecule has 0 spiro atoms. The van der Waals surface area contributed by atoms with Gasteiger partial charge in [0, 0.05) is 17.9 Å². The number of fused-ring (bicyclic) bond motifs is 2. The fourth-order valence-corrected chi connectivity index (χ4v) is 4.80. The van der Waals surface area contributed by atoms with Crippen LogP contribution in [0.1, 0.15) is 29.5 Å². The van der Waals surface area contributed by atoms with E-state index in [-0.39, 0.29) is 18.3 Å². The third-order valence-corrected chi connectivity index (χ3v) is 6.82. The first-order valence-electron chi connectivity index (χ1n) is 11.1. The van der Waals surface area contributed by atoms with Crippen LogP contribution in [0.2, 0.25) is 0 Å². The maximum absolute atomic E-state index is 13.8. The van der Waals surface area contributed by atoms with Crippen LogP contribution in [-0.4, -0.2) is 19.2 Å². The summed E-state index contributed by atoms with van der Waals surface area (Å²) in [4.78, 5) is 13.3. The van der Waals surface area contributed by atoms with E-state index in [9.17, 15) is 18.0 Å². The molecule has 2 aliphatic heterocycles. The first-order valence-corrected chi connectivity index (χ1v) is 11.1. The predicted octanol–water partition coefficient (Wildman–Crippen LogP) is 5.74. The number of halogens is 3. The van der Waals surface area contributed by atoms with Crippen LogP contribution in [0.3, 0.4) is 0 Å². The van der Waals surface area contributed by atoms with Crippen LogP contribution < -0.4 is 20.1 Å². The number of carbonyl (C=O) groups is 1. The third-order valence-electron chi connectivity index (χ3n) is 6.82. The number of hydrogen-bond acceptors (Lipinski definition) is 4. The highest BCUT2D eigenvalue weighted by Gasteiger charge is 2.51. The molecule has 0 bridgehead atoms. The lowest BCUT2D eigenvalue weighted by atomic mass is 9.93. The van der Waals surface area contributed by atoms with Crippen LogP contribution in [0, 0.1) is 0 Å². The van der Waals surface area contributed by atoms with E-state index in [1.807, 2.05) is 18.2 Å². The molecule has 0 unspecified atom stereocenters. The van der Waals surface area contributed by atoms with Crippen LogP contribution in [0.25, 0.3) is 11.1 Å². The lowest BCUT2D eigenvalue weighted by Gasteiger charge is -2.19. The Labute approximate surface area is 193 Å². The molecule has 174 valence electrons. The second-order valence-corrected chi connectivity index (χ2v) is 8.91. The van der Waals surface area contributed by atoms with Crippen molar-refractivity contribution in [2.75, 3.05) is 24.0 Å². The molecule has 6 rings (SSSR count). The maximum Gasteiger partial charge on any atom is 0.417 e. The lowest BCUT2D eigenvalue weighted by molar-refractivity contribution is -0.137. The van der Waals surface area contributed by atoms with Gasteiger partial charge in [-0.2, -0.15) is 13.2 Å². The van der Waals surface area contributed by atoms with Crippen molar-refractivity contribution in [1.82, 2.24) is 0 Å². The number of amides is 1. The average molecular weight is 466 g/mol. The fourth-order valence-electron chi connectivity index (χ4n) is 4.80. The number of anilines is 2. The molecule has 2 heterocycles. The molecule has 3 aromatic rings. The molecule has 1 aliphatic carbocycles. The van der Waals surface area contributed by atoms with E-state index >= 15 is 0 Å². The molecule has 0 atom stereocenters. The van der Waals surface area contributed by atoms with E-state index in [0.717, 1.165) is 35.8 Å². The molecule has 1 amide bonds. The second kappa shape index (κ2) is 7.41. The normalized spacial score (nSPS) is 17.1. The van der Waals surface area contributed by atoms with E-state index in [4.69, 9.17) is 9.47 Å². The summed E-state index contributed by atoms with van der Waals surface area (Å²) in [5.41, 5.74) is 2.15. The molecular formula is C26H21F3N2O3. The van der Waals surface area contributed by atoms with Crippen LogP contribution in [0.5, 0.6) is 11.5 Å². The lowest BCUT2D eigenvalue weighted by Crippen LogP contribution is -2.27. The van der Waals surface area contributed by atoms with Crippen molar-refractivity contribution in [3.05, 3.63) is 71.3 Å². The Bertz CT molecular complexity index is 1320. The van der Waals surface area contributed by atoms with Gasteiger partial charge in [-0.15, -0.1) is 0 Å². The SMILES string of the molecule is O=C(Nc1ccc(C(F)(F)F)c(-c2ccc3c(c2)CCN3)c1)C1(c2ccc3c(c2)OCO3)CC1. The predicted molar refractivity (Wildman–Crippen MR) is 121 cm³/mol. The minimum atomic E-state index is -4.51. The Kier molecular flexibility index (Phi) is 4.56. The zero-order valence-corrected chi connectivity index (χ0v) is 18.1. The van der Waals surface area contributed by atoms with Gasteiger partial charge in [0.05, 0.1) is 11.0 Å². The van der Waals surface area contributed by atoms with Gasteiger partial charge >= 0.3 is 6.18 Å². The van der Waals surface area contributed by atoms with E-state index in [0.29, 0.717) is 35.6 Å². The quantitative estimate of drug-likeness (QED) is 0.515. The van der Waals surface area contributed by atoms with Gasteiger partial charge in [0.25, 0.3) is 0 Å². The van der Waals surface area contributed by atoms with Gasteiger partial charge in [-0.1, -0.05) is 12.1 Å². The number of hydrogen-bond donors (Lipinski definition) is 2. The van der Waals surface area contributed by atoms with Gasteiger partial charge in [-0.05, 0) is 84.0 Å². The standard InChI is InChI=1S/C26H21F3N2O3/c27-26(28,29)20-4-3-18(13-19(20)15-1-5-21-16(11-15)7-10-30-21)31-24(32)25(8-9-25)17-2-6-22-23(12-17)34-14-33-22/h1-6,11-13,30H,7-10,14H2,(H,31,32).